The lowest BCUT2D eigenvalue weighted by molar-refractivity contribution is 0.555. The number of halogens is 1. The summed E-state index contributed by atoms with van der Waals surface area (Å²) in [4.78, 5) is 4.42. The van der Waals surface area contributed by atoms with Gasteiger partial charge in [-0.2, -0.15) is 5.10 Å². The zero-order valence-electron chi connectivity index (χ0n) is 11.3. The minimum absolute atomic E-state index is 0.335. The van der Waals surface area contributed by atoms with Crippen molar-refractivity contribution in [2.75, 3.05) is 0 Å². The van der Waals surface area contributed by atoms with Crippen molar-refractivity contribution in [3.8, 4) is 0 Å². The third kappa shape index (κ3) is 2.80. The maximum Gasteiger partial charge on any atom is 0.0915 e. The van der Waals surface area contributed by atoms with Crippen molar-refractivity contribution in [1.29, 1.82) is 0 Å². The fraction of sp³-hybridized carbons (Fsp3) is 0.429. The highest BCUT2D eigenvalue weighted by Crippen LogP contribution is 2.27. The first-order chi connectivity index (χ1) is 9.19. The van der Waals surface area contributed by atoms with Gasteiger partial charge < -0.3 is 5.73 Å². The van der Waals surface area contributed by atoms with Crippen LogP contribution in [0.15, 0.2) is 24.5 Å². The molecule has 0 aliphatic rings. The molecule has 5 heteroatoms. The molecule has 102 valence electrons. The average molecular weight is 279 g/mol. The van der Waals surface area contributed by atoms with E-state index in [1.165, 1.54) is 0 Å². The van der Waals surface area contributed by atoms with Gasteiger partial charge in [-0.25, -0.2) is 0 Å². The van der Waals surface area contributed by atoms with Crippen LogP contribution in [0.1, 0.15) is 43.3 Å². The van der Waals surface area contributed by atoms with Gasteiger partial charge in [-0.15, -0.1) is 0 Å². The Morgan fingerprint density at radius 1 is 1.42 bits per heavy atom. The van der Waals surface area contributed by atoms with Crippen LogP contribution < -0.4 is 5.73 Å². The van der Waals surface area contributed by atoms with E-state index in [1.807, 2.05) is 10.7 Å². The van der Waals surface area contributed by atoms with Gasteiger partial charge in [0.15, 0.2) is 0 Å². The second-order valence-electron chi connectivity index (χ2n) is 4.48. The van der Waals surface area contributed by atoms with Crippen molar-refractivity contribution in [2.24, 2.45) is 5.73 Å². The number of aryl methyl sites for hydroxylation is 2. The molecule has 0 amide bonds. The van der Waals surface area contributed by atoms with Crippen molar-refractivity contribution >= 4 is 11.6 Å². The summed E-state index contributed by atoms with van der Waals surface area (Å²) in [5, 5.41) is 4.89. The van der Waals surface area contributed by atoms with Gasteiger partial charge in [0.25, 0.3) is 0 Å². The number of aromatic nitrogens is 3. The van der Waals surface area contributed by atoms with E-state index in [-0.39, 0.29) is 6.04 Å². The van der Waals surface area contributed by atoms with Gasteiger partial charge in [-0.05, 0) is 24.5 Å². The van der Waals surface area contributed by atoms with Crippen LogP contribution in [0.3, 0.4) is 0 Å². The average Bonchev–Trinajstić information content (AvgIpc) is 2.79. The van der Waals surface area contributed by atoms with Gasteiger partial charge >= 0.3 is 0 Å². The number of nitrogens with two attached hydrogens (primary N) is 1. The summed E-state index contributed by atoms with van der Waals surface area (Å²) in [7, 11) is 0. The molecular weight excluding hydrogens is 260 g/mol. The Kier molecular flexibility index (Phi) is 4.56. The third-order valence-electron chi connectivity index (χ3n) is 3.16. The molecule has 2 aromatic heterocycles. The zero-order valence-corrected chi connectivity index (χ0v) is 12.1. The van der Waals surface area contributed by atoms with E-state index in [1.54, 1.807) is 12.4 Å². The van der Waals surface area contributed by atoms with Gasteiger partial charge in [0, 0.05) is 12.7 Å². The van der Waals surface area contributed by atoms with E-state index < -0.39 is 0 Å². The standard InChI is InChI=1S/C14H19ClN4/c1-3-8-19-14(11(15)9-18-19)12(16)13-10(4-2)6-5-7-17-13/h5-7,9,12H,3-4,8,16H2,1-2H3. The molecule has 0 spiro atoms. The van der Waals surface area contributed by atoms with Crippen LogP contribution in [-0.2, 0) is 13.0 Å². The molecule has 0 aromatic carbocycles. The first kappa shape index (κ1) is 14.0. The van der Waals surface area contributed by atoms with Crippen LogP contribution in [0.25, 0.3) is 0 Å². The molecule has 1 atom stereocenters. The molecule has 4 nitrogen and oxygen atoms in total. The van der Waals surface area contributed by atoms with Crippen LogP contribution >= 0.6 is 11.6 Å². The monoisotopic (exact) mass is 278 g/mol. The van der Waals surface area contributed by atoms with Crippen LogP contribution in [-0.4, -0.2) is 14.8 Å². The second-order valence-corrected chi connectivity index (χ2v) is 4.89. The maximum absolute atomic E-state index is 6.36. The van der Waals surface area contributed by atoms with Gasteiger partial charge in [0.1, 0.15) is 0 Å². The van der Waals surface area contributed by atoms with Crippen LogP contribution in [0.4, 0.5) is 0 Å². The fourth-order valence-corrected chi connectivity index (χ4v) is 2.49. The lowest BCUT2D eigenvalue weighted by atomic mass is 10.0. The summed E-state index contributed by atoms with van der Waals surface area (Å²) in [5.74, 6) is 0. The second kappa shape index (κ2) is 6.17. The SMILES string of the molecule is CCCn1ncc(Cl)c1C(N)c1ncccc1CC. The molecule has 0 fully saturated rings. The van der Waals surface area contributed by atoms with E-state index in [0.29, 0.717) is 5.02 Å². The predicted octanol–water partition coefficient (Wildman–Crippen LogP) is 2.95. The molecule has 0 saturated heterocycles. The summed E-state index contributed by atoms with van der Waals surface area (Å²) < 4.78 is 1.88. The molecule has 0 saturated carbocycles. The molecule has 2 aromatic rings. The largest absolute Gasteiger partial charge is 0.318 e. The van der Waals surface area contributed by atoms with Gasteiger partial charge in [0.05, 0.1) is 28.6 Å². The summed E-state index contributed by atoms with van der Waals surface area (Å²) in [6, 6.07) is 3.65. The van der Waals surface area contributed by atoms with Crippen molar-refractivity contribution in [3.05, 3.63) is 46.5 Å². The summed E-state index contributed by atoms with van der Waals surface area (Å²) in [6.45, 7) is 5.01. The topological polar surface area (TPSA) is 56.7 Å². The van der Waals surface area contributed by atoms with E-state index in [9.17, 15) is 0 Å². The first-order valence-corrected chi connectivity index (χ1v) is 6.97. The molecular formula is C14H19ClN4. The highest BCUT2D eigenvalue weighted by atomic mass is 35.5. The summed E-state index contributed by atoms with van der Waals surface area (Å²) in [6.07, 6.45) is 5.31. The number of hydrogen-bond donors (Lipinski definition) is 1. The Bertz CT molecular complexity index is 550. The molecule has 0 aliphatic heterocycles. The van der Waals surface area contributed by atoms with Gasteiger partial charge in [-0.3, -0.25) is 9.67 Å². The smallest absolute Gasteiger partial charge is 0.0915 e. The minimum Gasteiger partial charge on any atom is -0.318 e. The van der Waals surface area contributed by atoms with Crippen molar-refractivity contribution < 1.29 is 0 Å². The third-order valence-corrected chi connectivity index (χ3v) is 3.46. The Morgan fingerprint density at radius 2 is 2.21 bits per heavy atom. The molecule has 0 aliphatic carbocycles. The Labute approximate surface area is 118 Å². The minimum atomic E-state index is -0.335. The van der Waals surface area contributed by atoms with Crippen LogP contribution in [0.2, 0.25) is 5.02 Å². The lowest BCUT2D eigenvalue weighted by Gasteiger charge is -2.16. The number of hydrogen-bond acceptors (Lipinski definition) is 3. The van der Waals surface area contributed by atoms with E-state index in [0.717, 1.165) is 36.3 Å². The molecule has 0 bridgehead atoms. The summed E-state index contributed by atoms with van der Waals surface area (Å²) >= 11 is 6.23. The molecule has 2 heterocycles. The van der Waals surface area contributed by atoms with Crippen LogP contribution in [0, 0.1) is 0 Å². The summed E-state index contributed by atoms with van der Waals surface area (Å²) in [5.41, 5.74) is 9.23. The Morgan fingerprint density at radius 3 is 2.89 bits per heavy atom. The number of nitrogens with zero attached hydrogens (tertiary/aromatic N) is 3. The predicted molar refractivity (Wildman–Crippen MR) is 77.2 cm³/mol. The van der Waals surface area contributed by atoms with E-state index in [4.69, 9.17) is 17.3 Å². The van der Waals surface area contributed by atoms with E-state index in [2.05, 4.69) is 30.0 Å². The van der Waals surface area contributed by atoms with Crippen LogP contribution in [0.5, 0.6) is 0 Å². The molecule has 1 unspecified atom stereocenters. The van der Waals surface area contributed by atoms with Crippen molar-refractivity contribution in [2.45, 2.75) is 39.3 Å². The number of pyridine rings is 1. The van der Waals surface area contributed by atoms with Gasteiger partial charge in [0.2, 0.25) is 0 Å². The molecule has 2 rings (SSSR count). The number of rotatable bonds is 5. The maximum atomic E-state index is 6.36. The van der Waals surface area contributed by atoms with E-state index >= 15 is 0 Å². The fourth-order valence-electron chi connectivity index (χ4n) is 2.23. The van der Waals surface area contributed by atoms with Crippen molar-refractivity contribution in [1.82, 2.24) is 14.8 Å². The van der Waals surface area contributed by atoms with Gasteiger partial charge in [-0.1, -0.05) is 31.5 Å². The first-order valence-electron chi connectivity index (χ1n) is 6.59. The normalized spacial score (nSPS) is 12.6. The zero-order chi connectivity index (χ0) is 13.8. The highest BCUT2D eigenvalue weighted by Gasteiger charge is 2.21. The molecule has 19 heavy (non-hydrogen) atoms. The lowest BCUT2D eigenvalue weighted by Crippen LogP contribution is -2.20. The quantitative estimate of drug-likeness (QED) is 0.915. The molecule has 0 radical (unpaired) electrons. The van der Waals surface area contributed by atoms with Crippen molar-refractivity contribution in [3.63, 3.8) is 0 Å². The Balaban J connectivity index is 2.43. The highest BCUT2D eigenvalue weighted by molar-refractivity contribution is 6.31. The Hall–Kier alpha value is -1.39. The molecule has 2 N–H and O–H groups in total.